The quantitative estimate of drug-likeness (QED) is 0.796. The van der Waals surface area contributed by atoms with Crippen molar-refractivity contribution in [3.8, 4) is 5.69 Å². The van der Waals surface area contributed by atoms with E-state index in [0.717, 1.165) is 4.68 Å². The van der Waals surface area contributed by atoms with E-state index in [1.807, 2.05) is 0 Å². The molecule has 2 amide bonds. The zero-order valence-corrected chi connectivity index (χ0v) is 13.4. The topological polar surface area (TPSA) is 116 Å². The number of tetrazole rings is 1. The van der Waals surface area contributed by atoms with Crippen molar-refractivity contribution >= 4 is 23.5 Å². The largest absolute Gasteiger partial charge is 0.377 e. The predicted molar refractivity (Wildman–Crippen MR) is 84.9 cm³/mol. The molecule has 2 N–H and O–H groups in total. The molecule has 0 aliphatic carbocycles. The van der Waals surface area contributed by atoms with Crippen molar-refractivity contribution in [2.45, 2.75) is 12.8 Å². The monoisotopic (exact) mass is 350 g/mol. The van der Waals surface area contributed by atoms with Crippen LogP contribution in [0.2, 0.25) is 5.02 Å². The minimum Gasteiger partial charge on any atom is -0.370 e. The lowest BCUT2D eigenvalue weighted by Crippen LogP contribution is -2.40. The van der Waals surface area contributed by atoms with Gasteiger partial charge >= 0.3 is 11.7 Å². The fourth-order valence-corrected chi connectivity index (χ4v) is 2.91. The van der Waals surface area contributed by atoms with Crippen molar-refractivity contribution in [3.63, 3.8) is 0 Å². The van der Waals surface area contributed by atoms with Crippen LogP contribution in [-0.2, 0) is 4.79 Å². The van der Waals surface area contributed by atoms with Gasteiger partial charge in [-0.1, -0.05) is 17.7 Å². The molecule has 0 radical (unpaired) electrons. The van der Waals surface area contributed by atoms with E-state index in [9.17, 15) is 14.4 Å². The molecule has 1 aromatic heterocycles. The Hall–Kier alpha value is -2.68. The van der Waals surface area contributed by atoms with Crippen LogP contribution in [0.4, 0.5) is 4.79 Å². The lowest BCUT2D eigenvalue weighted by Gasteiger charge is -2.14. The fraction of sp³-hybridized carbons (Fsp3) is 0.357. The summed E-state index contributed by atoms with van der Waals surface area (Å²) in [5.74, 6) is -0.400. The van der Waals surface area contributed by atoms with Gasteiger partial charge in [0, 0.05) is 24.5 Å². The zero-order valence-electron chi connectivity index (χ0n) is 12.6. The molecular weight excluding hydrogens is 336 g/mol. The number of halogens is 1. The summed E-state index contributed by atoms with van der Waals surface area (Å²) >= 11 is 5.89. The van der Waals surface area contributed by atoms with Gasteiger partial charge in [0.05, 0.1) is 5.69 Å². The van der Waals surface area contributed by atoms with Crippen LogP contribution in [-0.4, -0.2) is 49.7 Å². The summed E-state index contributed by atoms with van der Waals surface area (Å²) in [6, 6.07) is 5.94. The third-order valence-corrected chi connectivity index (χ3v) is 4.10. The maximum atomic E-state index is 12.4. The molecule has 0 spiro atoms. The van der Waals surface area contributed by atoms with Crippen LogP contribution in [0.25, 0.3) is 5.69 Å². The average Bonchev–Trinajstić information content (AvgIpc) is 3.13. The standard InChI is InChI=1S/C14H15ClN6O3/c15-10-2-1-3-11(7-10)20-14(24)21(18-17-20)13(23)19-5-4-9(8-19)6-12(16)22/h1-3,7,9H,4-6,8H2,(H2,16,22)/t9-/m0/s1. The Bertz CT molecular complexity index is 845. The summed E-state index contributed by atoms with van der Waals surface area (Å²) < 4.78 is 1.70. The number of carbonyl (C=O) groups excluding carboxylic acids is 2. The maximum Gasteiger partial charge on any atom is 0.377 e. The van der Waals surface area contributed by atoms with Gasteiger partial charge in [-0.05, 0) is 41.0 Å². The summed E-state index contributed by atoms with van der Waals surface area (Å²) in [6.45, 7) is 0.797. The molecule has 2 aromatic rings. The molecule has 1 aliphatic heterocycles. The highest BCUT2D eigenvalue weighted by atomic mass is 35.5. The summed E-state index contributed by atoms with van der Waals surface area (Å²) in [5, 5.41) is 7.81. The Morgan fingerprint density at radius 1 is 1.33 bits per heavy atom. The molecule has 2 heterocycles. The molecular formula is C14H15ClN6O3. The number of likely N-dealkylation sites (tertiary alicyclic amines) is 1. The first kappa shape index (κ1) is 16.2. The molecule has 1 aliphatic rings. The molecule has 0 unspecified atom stereocenters. The van der Waals surface area contributed by atoms with Crippen LogP contribution in [0.5, 0.6) is 0 Å². The Balaban J connectivity index is 1.80. The van der Waals surface area contributed by atoms with E-state index >= 15 is 0 Å². The number of hydrogen-bond acceptors (Lipinski definition) is 5. The first-order valence-corrected chi connectivity index (χ1v) is 7.72. The molecule has 1 atom stereocenters. The SMILES string of the molecule is NC(=O)C[C@@H]1CCN(C(=O)n2nnn(-c3cccc(Cl)c3)c2=O)C1. The molecule has 1 aromatic carbocycles. The van der Waals surface area contributed by atoms with Gasteiger partial charge in [0.2, 0.25) is 5.91 Å². The number of carbonyl (C=O) groups is 2. The molecule has 0 saturated carbocycles. The van der Waals surface area contributed by atoms with E-state index in [-0.39, 0.29) is 12.3 Å². The van der Waals surface area contributed by atoms with Gasteiger partial charge in [-0.2, -0.15) is 4.68 Å². The molecule has 126 valence electrons. The van der Waals surface area contributed by atoms with Gasteiger partial charge < -0.3 is 10.6 Å². The number of nitrogens with two attached hydrogens (primary N) is 1. The third-order valence-electron chi connectivity index (χ3n) is 3.86. The minimum absolute atomic E-state index is 0.00475. The van der Waals surface area contributed by atoms with Crippen molar-refractivity contribution in [3.05, 3.63) is 39.8 Å². The Morgan fingerprint density at radius 2 is 2.12 bits per heavy atom. The van der Waals surface area contributed by atoms with Gasteiger partial charge in [0.1, 0.15) is 0 Å². The van der Waals surface area contributed by atoms with Crippen molar-refractivity contribution in [2.24, 2.45) is 11.7 Å². The van der Waals surface area contributed by atoms with E-state index in [4.69, 9.17) is 17.3 Å². The lowest BCUT2D eigenvalue weighted by molar-refractivity contribution is -0.118. The second-order valence-electron chi connectivity index (χ2n) is 5.62. The molecule has 1 fully saturated rings. The number of nitrogens with zero attached hydrogens (tertiary/aromatic N) is 5. The van der Waals surface area contributed by atoms with Crippen LogP contribution < -0.4 is 11.4 Å². The molecule has 9 nitrogen and oxygen atoms in total. The summed E-state index contributed by atoms with van der Waals surface area (Å²) in [7, 11) is 0. The minimum atomic E-state index is -0.680. The second-order valence-corrected chi connectivity index (χ2v) is 6.06. The molecule has 10 heteroatoms. The van der Waals surface area contributed by atoms with Gasteiger partial charge in [-0.15, -0.1) is 4.68 Å². The van der Waals surface area contributed by atoms with Crippen LogP contribution >= 0.6 is 11.6 Å². The van der Waals surface area contributed by atoms with Gasteiger partial charge in [-0.25, -0.2) is 9.59 Å². The van der Waals surface area contributed by atoms with Crippen LogP contribution in [0, 0.1) is 5.92 Å². The normalized spacial score (nSPS) is 17.2. The van der Waals surface area contributed by atoms with E-state index in [1.54, 1.807) is 24.3 Å². The maximum absolute atomic E-state index is 12.4. The summed E-state index contributed by atoms with van der Waals surface area (Å²) in [5.41, 5.74) is 4.91. The third kappa shape index (κ3) is 3.16. The number of hydrogen-bond donors (Lipinski definition) is 1. The molecule has 0 bridgehead atoms. The van der Waals surface area contributed by atoms with Crippen molar-refractivity contribution in [1.82, 2.24) is 24.7 Å². The Morgan fingerprint density at radius 3 is 2.83 bits per heavy atom. The number of benzene rings is 1. The average molecular weight is 351 g/mol. The van der Waals surface area contributed by atoms with Gasteiger partial charge in [-0.3, -0.25) is 4.79 Å². The van der Waals surface area contributed by atoms with E-state index in [2.05, 4.69) is 10.4 Å². The van der Waals surface area contributed by atoms with Gasteiger partial charge in [0.15, 0.2) is 0 Å². The number of rotatable bonds is 3. The molecule has 24 heavy (non-hydrogen) atoms. The van der Waals surface area contributed by atoms with E-state index in [1.165, 1.54) is 4.90 Å². The van der Waals surface area contributed by atoms with Crippen molar-refractivity contribution in [1.29, 1.82) is 0 Å². The predicted octanol–water partition coefficient (Wildman–Crippen LogP) is 0.248. The molecule has 1 saturated heterocycles. The number of primary amides is 1. The van der Waals surface area contributed by atoms with Crippen molar-refractivity contribution < 1.29 is 9.59 Å². The Labute approximate surface area is 141 Å². The zero-order chi connectivity index (χ0) is 17.3. The summed E-state index contributed by atoms with van der Waals surface area (Å²) in [4.78, 5) is 37.3. The number of amides is 2. The van der Waals surface area contributed by atoms with Crippen LogP contribution in [0.3, 0.4) is 0 Å². The highest BCUT2D eigenvalue weighted by molar-refractivity contribution is 6.30. The van der Waals surface area contributed by atoms with E-state index in [0.29, 0.717) is 34.9 Å². The van der Waals surface area contributed by atoms with Crippen LogP contribution in [0.1, 0.15) is 12.8 Å². The first-order chi connectivity index (χ1) is 11.5. The summed E-state index contributed by atoms with van der Waals surface area (Å²) in [6.07, 6.45) is 0.875. The van der Waals surface area contributed by atoms with Crippen LogP contribution in [0.15, 0.2) is 29.1 Å². The number of aromatic nitrogens is 4. The second kappa shape index (κ2) is 6.44. The van der Waals surface area contributed by atoms with E-state index < -0.39 is 17.6 Å². The fourth-order valence-electron chi connectivity index (χ4n) is 2.73. The van der Waals surface area contributed by atoms with Gasteiger partial charge in [0.25, 0.3) is 0 Å². The lowest BCUT2D eigenvalue weighted by atomic mass is 10.1. The molecule has 3 rings (SSSR count). The smallest absolute Gasteiger partial charge is 0.370 e. The highest BCUT2D eigenvalue weighted by Gasteiger charge is 2.30. The highest BCUT2D eigenvalue weighted by Crippen LogP contribution is 2.19. The first-order valence-electron chi connectivity index (χ1n) is 7.34. The van der Waals surface area contributed by atoms with Crippen molar-refractivity contribution in [2.75, 3.05) is 13.1 Å². The Kier molecular flexibility index (Phi) is 4.34.